The third-order valence-corrected chi connectivity index (χ3v) is 3.67. The first-order valence-corrected chi connectivity index (χ1v) is 7.85. The number of amides is 1. The molecule has 0 bridgehead atoms. The van der Waals surface area contributed by atoms with Gasteiger partial charge in [0.2, 0.25) is 0 Å². The number of nitrogens with zero attached hydrogens (tertiary/aromatic N) is 1. The van der Waals surface area contributed by atoms with Crippen molar-refractivity contribution in [1.29, 1.82) is 0 Å². The summed E-state index contributed by atoms with van der Waals surface area (Å²) in [6.45, 7) is 1.03. The number of rotatable bonds is 7. The molecule has 2 aromatic rings. The van der Waals surface area contributed by atoms with Crippen molar-refractivity contribution in [3.8, 4) is 11.1 Å². The number of alkyl halides is 2. The number of benzene rings is 1. The van der Waals surface area contributed by atoms with Gasteiger partial charge in [0.05, 0.1) is 18.9 Å². The second-order valence-corrected chi connectivity index (χ2v) is 5.85. The van der Waals surface area contributed by atoms with Gasteiger partial charge in [-0.25, -0.2) is 13.6 Å². The van der Waals surface area contributed by atoms with Gasteiger partial charge in [0.1, 0.15) is 0 Å². The highest BCUT2D eigenvalue weighted by Gasteiger charge is 2.21. The van der Waals surface area contributed by atoms with Crippen LogP contribution in [-0.4, -0.2) is 51.1 Å². The van der Waals surface area contributed by atoms with Crippen LogP contribution in [0.5, 0.6) is 0 Å². The number of ether oxygens (including phenoxy) is 1. The van der Waals surface area contributed by atoms with Crippen molar-refractivity contribution < 1.29 is 27.5 Å². The van der Waals surface area contributed by atoms with E-state index in [-0.39, 0.29) is 22.3 Å². The van der Waals surface area contributed by atoms with E-state index in [9.17, 15) is 18.4 Å². The largest absolute Gasteiger partial charge is 0.465 e. The molecule has 2 rings (SSSR count). The molecule has 1 aromatic heterocycles. The number of hydrogen-bond acceptors (Lipinski definition) is 5. The van der Waals surface area contributed by atoms with Crippen molar-refractivity contribution >= 4 is 11.9 Å². The molecule has 0 spiro atoms. The molecule has 26 heavy (non-hydrogen) atoms. The molecule has 140 valence electrons. The fourth-order valence-corrected chi connectivity index (χ4v) is 2.37. The Labute approximate surface area is 149 Å². The second kappa shape index (κ2) is 8.57. The summed E-state index contributed by atoms with van der Waals surface area (Å²) in [5.41, 5.74) is 0.648. The number of furan rings is 1. The van der Waals surface area contributed by atoms with Crippen LogP contribution in [0.25, 0.3) is 11.1 Å². The van der Waals surface area contributed by atoms with Crippen LogP contribution in [0, 0.1) is 0 Å². The number of carbonyl (C=O) groups is 2. The summed E-state index contributed by atoms with van der Waals surface area (Å²) in [6, 6.07) is 5.56. The van der Waals surface area contributed by atoms with Gasteiger partial charge in [0, 0.05) is 24.2 Å². The van der Waals surface area contributed by atoms with Gasteiger partial charge in [-0.2, -0.15) is 0 Å². The van der Waals surface area contributed by atoms with Gasteiger partial charge in [0.15, 0.2) is 5.76 Å². The predicted octanol–water partition coefficient (Wildman–Crippen LogP) is 2.96. The van der Waals surface area contributed by atoms with E-state index in [1.807, 2.05) is 19.0 Å². The first-order chi connectivity index (χ1) is 12.3. The number of carbonyl (C=O) groups excluding carboxylic acids is 2. The monoisotopic (exact) mass is 366 g/mol. The minimum absolute atomic E-state index is 0.0872. The molecular weight excluding hydrogens is 346 g/mol. The summed E-state index contributed by atoms with van der Waals surface area (Å²) in [7, 11) is 4.94. The fourth-order valence-electron chi connectivity index (χ4n) is 2.37. The summed E-state index contributed by atoms with van der Waals surface area (Å²) in [4.78, 5) is 26.2. The molecule has 0 radical (unpaired) electrons. The Morgan fingerprint density at radius 1 is 1.23 bits per heavy atom. The first kappa shape index (κ1) is 19.6. The predicted molar refractivity (Wildman–Crippen MR) is 91.3 cm³/mol. The Morgan fingerprint density at radius 2 is 1.92 bits per heavy atom. The summed E-state index contributed by atoms with van der Waals surface area (Å²) < 4.78 is 35.7. The number of esters is 1. The number of methoxy groups -OCH3 is 1. The normalized spacial score (nSPS) is 11.0. The van der Waals surface area contributed by atoms with E-state index >= 15 is 0 Å². The SMILES string of the molecule is COC(=O)c1cc(C(=O)NCCN(C)C)cc(-c2ccoc2C(F)F)c1. The zero-order chi connectivity index (χ0) is 19.3. The van der Waals surface area contributed by atoms with Crippen molar-refractivity contribution in [1.82, 2.24) is 10.2 Å². The standard InChI is InChI=1S/C18H20F2N2O4/c1-22(2)6-5-21-17(23)12-8-11(9-13(10-12)18(24)25-3)14-4-7-26-15(14)16(19)20/h4,7-10,16H,5-6H2,1-3H3,(H,21,23). The topological polar surface area (TPSA) is 71.8 Å². The van der Waals surface area contributed by atoms with Gasteiger partial charge in [-0.15, -0.1) is 0 Å². The van der Waals surface area contributed by atoms with Crippen molar-refractivity contribution in [2.75, 3.05) is 34.3 Å². The second-order valence-electron chi connectivity index (χ2n) is 5.85. The molecular formula is C18H20F2N2O4. The maximum Gasteiger partial charge on any atom is 0.337 e. The molecule has 0 fully saturated rings. The summed E-state index contributed by atoms with van der Waals surface area (Å²) in [5.74, 6) is -1.61. The van der Waals surface area contributed by atoms with E-state index in [2.05, 4.69) is 10.1 Å². The van der Waals surface area contributed by atoms with Crippen molar-refractivity contribution in [2.24, 2.45) is 0 Å². The van der Waals surface area contributed by atoms with E-state index in [4.69, 9.17) is 4.42 Å². The Morgan fingerprint density at radius 3 is 2.54 bits per heavy atom. The van der Waals surface area contributed by atoms with Gasteiger partial charge in [0.25, 0.3) is 12.3 Å². The minimum Gasteiger partial charge on any atom is -0.465 e. The summed E-state index contributed by atoms with van der Waals surface area (Å²) in [6.07, 6.45) is -1.68. The lowest BCUT2D eigenvalue weighted by atomic mass is 9.99. The molecule has 0 saturated heterocycles. The van der Waals surface area contributed by atoms with Crippen molar-refractivity contribution in [3.63, 3.8) is 0 Å². The van der Waals surface area contributed by atoms with Crippen LogP contribution in [-0.2, 0) is 4.74 Å². The van der Waals surface area contributed by atoms with Gasteiger partial charge in [-0.05, 0) is 43.9 Å². The van der Waals surface area contributed by atoms with Gasteiger partial charge in [-0.1, -0.05) is 0 Å². The Hall–Kier alpha value is -2.74. The zero-order valence-electron chi connectivity index (χ0n) is 14.7. The maximum absolute atomic E-state index is 13.1. The van der Waals surface area contributed by atoms with Crippen LogP contribution in [0.3, 0.4) is 0 Å². The lowest BCUT2D eigenvalue weighted by Gasteiger charge is -2.12. The molecule has 0 aliphatic rings. The van der Waals surface area contributed by atoms with Crippen LogP contribution in [0.2, 0.25) is 0 Å². The van der Waals surface area contributed by atoms with Crippen molar-refractivity contribution in [3.05, 3.63) is 47.4 Å². The molecule has 8 heteroatoms. The highest BCUT2D eigenvalue weighted by molar-refractivity contribution is 6.00. The third-order valence-electron chi connectivity index (χ3n) is 3.67. The molecule has 1 heterocycles. The number of likely N-dealkylation sites (N-methyl/N-ethyl adjacent to an activating group) is 1. The number of nitrogens with one attached hydrogen (secondary N) is 1. The molecule has 0 unspecified atom stereocenters. The van der Waals surface area contributed by atoms with Crippen LogP contribution >= 0.6 is 0 Å². The zero-order valence-corrected chi connectivity index (χ0v) is 14.7. The summed E-state index contributed by atoms with van der Waals surface area (Å²) >= 11 is 0. The van der Waals surface area contributed by atoms with E-state index < -0.39 is 24.1 Å². The highest BCUT2D eigenvalue weighted by atomic mass is 19.3. The molecule has 1 aromatic carbocycles. The first-order valence-electron chi connectivity index (χ1n) is 7.85. The molecule has 0 atom stereocenters. The van der Waals surface area contributed by atoms with E-state index in [0.29, 0.717) is 13.1 Å². The number of hydrogen-bond donors (Lipinski definition) is 1. The number of halogens is 2. The lowest BCUT2D eigenvalue weighted by Crippen LogP contribution is -2.31. The average Bonchev–Trinajstić information content (AvgIpc) is 3.10. The smallest absolute Gasteiger partial charge is 0.337 e. The molecule has 1 amide bonds. The Bertz CT molecular complexity index is 787. The lowest BCUT2D eigenvalue weighted by molar-refractivity contribution is 0.0600. The van der Waals surface area contributed by atoms with Crippen molar-refractivity contribution in [2.45, 2.75) is 6.43 Å². The van der Waals surface area contributed by atoms with E-state index in [1.54, 1.807) is 0 Å². The van der Waals surface area contributed by atoms with Gasteiger partial charge >= 0.3 is 5.97 Å². The quantitative estimate of drug-likeness (QED) is 0.763. The van der Waals surface area contributed by atoms with Crippen LogP contribution in [0.1, 0.15) is 32.9 Å². The maximum atomic E-state index is 13.1. The minimum atomic E-state index is -2.82. The van der Waals surface area contributed by atoms with Gasteiger partial charge in [-0.3, -0.25) is 4.79 Å². The van der Waals surface area contributed by atoms with E-state index in [1.165, 1.54) is 31.4 Å². The van der Waals surface area contributed by atoms with E-state index in [0.717, 1.165) is 6.26 Å². The third kappa shape index (κ3) is 4.66. The van der Waals surface area contributed by atoms with Crippen LogP contribution < -0.4 is 5.32 Å². The Kier molecular flexibility index (Phi) is 6.46. The summed E-state index contributed by atoms with van der Waals surface area (Å²) in [5, 5.41) is 2.72. The highest BCUT2D eigenvalue weighted by Crippen LogP contribution is 2.33. The molecule has 0 aliphatic carbocycles. The molecule has 6 nitrogen and oxygen atoms in total. The average molecular weight is 366 g/mol. The van der Waals surface area contributed by atoms with Gasteiger partial charge < -0.3 is 19.4 Å². The molecule has 0 aliphatic heterocycles. The van der Waals surface area contributed by atoms with Crippen LogP contribution in [0.15, 0.2) is 34.9 Å². The fraction of sp³-hybridized carbons (Fsp3) is 0.333. The Balaban J connectivity index is 2.41. The molecule has 1 N–H and O–H groups in total. The van der Waals surface area contributed by atoms with Crippen LogP contribution in [0.4, 0.5) is 8.78 Å². The molecule has 0 saturated carbocycles.